The summed E-state index contributed by atoms with van der Waals surface area (Å²) < 4.78 is 33.7. The van der Waals surface area contributed by atoms with Crippen LogP contribution >= 0.6 is 0 Å². The standard InChI is InChI=1S/C24H24N2O4S/c1-16-6-5-7-19(14-16)30-23-9-4-3-8-22(23)25-24(27)21-15-20(13-10-17(21)2)31(28,29)26-18-11-12-18/h3-10,13-15,18,26H,11-12H2,1-2H3,(H,25,27). The van der Waals surface area contributed by atoms with Gasteiger partial charge in [-0.1, -0.05) is 30.3 Å². The fourth-order valence-corrected chi connectivity index (χ4v) is 4.49. The van der Waals surface area contributed by atoms with Gasteiger partial charge in [0.1, 0.15) is 5.75 Å². The van der Waals surface area contributed by atoms with Crippen LogP contribution in [0.2, 0.25) is 0 Å². The van der Waals surface area contributed by atoms with Crippen molar-refractivity contribution in [1.29, 1.82) is 0 Å². The smallest absolute Gasteiger partial charge is 0.256 e. The lowest BCUT2D eigenvalue weighted by atomic mass is 10.1. The zero-order chi connectivity index (χ0) is 22.0. The number of carbonyl (C=O) groups excluding carboxylic acids is 1. The van der Waals surface area contributed by atoms with E-state index in [2.05, 4.69) is 10.0 Å². The quantitative estimate of drug-likeness (QED) is 0.558. The summed E-state index contributed by atoms with van der Waals surface area (Å²) in [6.45, 7) is 3.75. The van der Waals surface area contributed by atoms with Crippen LogP contribution in [0.1, 0.15) is 34.3 Å². The van der Waals surface area contributed by atoms with Gasteiger partial charge in [-0.2, -0.15) is 0 Å². The Morgan fingerprint density at radius 1 is 0.968 bits per heavy atom. The van der Waals surface area contributed by atoms with Crippen molar-refractivity contribution in [2.75, 3.05) is 5.32 Å². The number of hydrogen-bond acceptors (Lipinski definition) is 4. The van der Waals surface area contributed by atoms with Crippen LogP contribution in [0, 0.1) is 13.8 Å². The molecule has 1 saturated carbocycles. The lowest BCUT2D eigenvalue weighted by Gasteiger charge is -2.14. The summed E-state index contributed by atoms with van der Waals surface area (Å²) in [5, 5.41) is 2.86. The summed E-state index contributed by atoms with van der Waals surface area (Å²) in [5.41, 5.74) is 2.54. The number of rotatable bonds is 7. The van der Waals surface area contributed by atoms with Crippen molar-refractivity contribution in [3.63, 3.8) is 0 Å². The molecule has 1 fully saturated rings. The summed E-state index contributed by atoms with van der Waals surface area (Å²) in [6, 6.07) is 19.3. The molecular formula is C24H24N2O4S. The topological polar surface area (TPSA) is 84.5 Å². The molecule has 160 valence electrons. The zero-order valence-electron chi connectivity index (χ0n) is 17.4. The van der Waals surface area contributed by atoms with Crippen molar-refractivity contribution >= 4 is 21.6 Å². The summed E-state index contributed by atoms with van der Waals surface area (Å²) >= 11 is 0. The normalized spacial score (nSPS) is 13.6. The molecular weight excluding hydrogens is 412 g/mol. The predicted octanol–water partition coefficient (Wildman–Crippen LogP) is 4.79. The number of para-hydroxylation sites is 2. The number of carbonyl (C=O) groups is 1. The SMILES string of the molecule is Cc1cccc(Oc2ccccc2NC(=O)c2cc(S(=O)(=O)NC3CC3)ccc2C)c1. The second-order valence-electron chi connectivity index (χ2n) is 7.74. The van der Waals surface area contributed by atoms with Crippen LogP contribution in [0.15, 0.2) is 71.6 Å². The van der Waals surface area contributed by atoms with Gasteiger partial charge in [0, 0.05) is 11.6 Å². The molecule has 0 bridgehead atoms. The molecule has 0 spiro atoms. The highest BCUT2D eigenvalue weighted by Gasteiger charge is 2.28. The molecule has 3 aromatic rings. The van der Waals surface area contributed by atoms with Gasteiger partial charge in [-0.25, -0.2) is 13.1 Å². The van der Waals surface area contributed by atoms with Crippen LogP contribution in [0.4, 0.5) is 5.69 Å². The number of hydrogen-bond donors (Lipinski definition) is 2. The molecule has 0 heterocycles. The number of anilines is 1. The fourth-order valence-electron chi connectivity index (χ4n) is 3.16. The van der Waals surface area contributed by atoms with Crippen molar-refractivity contribution in [2.24, 2.45) is 0 Å². The summed E-state index contributed by atoms with van der Waals surface area (Å²) in [6.07, 6.45) is 1.69. The number of ether oxygens (including phenoxy) is 1. The minimum Gasteiger partial charge on any atom is -0.455 e. The molecule has 7 heteroatoms. The maximum Gasteiger partial charge on any atom is 0.256 e. The van der Waals surface area contributed by atoms with Crippen molar-refractivity contribution in [2.45, 2.75) is 37.6 Å². The Balaban J connectivity index is 1.58. The van der Waals surface area contributed by atoms with E-state index in [0.717, 1.165) is 18.4 Å². The minimum atomic E-state index is -3.65. The third kappa shape index (κ3) is 5.13. The Labute approximate surface area is 182 Å². The lowest BCUT2D eigenvalue weighted by Crippen LogP contribution is -2.26. The van der Waals surface area contributed by atoms with E-state index in [0.29, 0.717) is 28.3 Å². The van der Waals surface area contributed by atoms with Gasteiger partial charge in [-0.15, -0.1) is 0 Å². The second-order valence-corrected chi connectivity index (χ2v) is 9.46. The summed E-state index contributed by atoms with van der Waals surface area (Å²) in [4.78, 5) is 13.1. The van der Waals surface area contributed by atoms with Gasteiger partial charge in [0.25, 0.3) is 5.91 Å². The van der Waals surface area contributed by atoms with Crippen LogP contribution < -0.4 is 14.8 Å². The number of aryl methyl sites for hydroxylation is 2. The lowest BCUT2D eigenvalue weighted by molar-refractivity contribution is 0.102. The van der Waals surface area contributed by atoms with Gasteiger partial charge in [-0.05, 0) is 74.2 Å². The summed E-state index contributed by atoms with van der Waals surface area (Å²) in [7, 11) is -3.65. The van der Waals surface area contributed by atoms with E-state index >= 15 is 0 Å². The summed E-state index contributed by atoms with van der Waals surface area (Å²) in [5.74, 6) is 0.761. The van der Waals surface area contributed by atoms with Crippen molar-refractivity contribution < 1.29 is 17.9 Å². The molecule has 0 aliphatic heterocycles. The molecule has 0 atom stereocenters. The van der Waals surface area contributed by atoms with Gasteiger partial charge in [0.2, 0.25) is 10.0 Å². The van der Waals surface area contributed by atoms with E-state index in [-0.39, 0.29) is 10.9 Å². The van der Waals surface area contributed by atoms with Gasteiger partial charge in [-0.3, -0.25) is 4.79 Å². The number of sulfonamides is 1. The Kier molecular flexibility index (Phi) is 5.80. The van der Waals surface area contributed by atoms with E-state index in [1.807, 2.05) is 37.3 Å². The van der Waals surface area contributed by atoms with Crippen LogP contribution in [-0.4, -0.2) is 20.4 Å². The highest BCUT2D eigenvalue weighted by atomic mass is 32.2. The first-order valence-corrected chi connectivity index (χ1v) is 11.6. The second kappa shape index (κ2) is 8.53. The molecule has 6 nitrogen and oxygen atoms in total. The monoisotopic (exact) mass is 436 g/mol. The van der Waals surface area contributed by atoms with Crippen LogP contribution in [-0.2, 0) is 10.0 Å². The van der Waals surface area contributed by atoms with Crippen LogP contribution in [0.5, 0.6) is 11.5 Å². The van der Waals surface area contributed by atoms with Crippen molar-refractivity contribution in [1.82, 2.24) is 4.72 Å². The zero-order valence-corrected chi connectivity index (χ0v) is 18.2. The number of nitrogens with one attached hydrogen (secondary N) is 2. The first-order chi connectivity index (χ1) is 14.8. The molecule has 4 rings (SSSR count). The van der Waals surface area contributed by atoms with Gasteiger partial charge < -0.3 is 10.1 Å². The molecule has 0 saturated heterocycles. The Bertz CT molecular complexity index is 1230. The molecule has 1 aliphatic rings. The van der Waals surface area contributed by atoms with Crippen LogP contribution in [0.25, 0.3) is 0 Å². The van der Waals surface area contributed by atoms with E-state index in [1.165, 1.54) is 12.1 Å². The van der Waals surface area contributed by atoms with E-state index in [1.54, 1.807) is 31.2 Å². The maximum atomic E-state index is 13.0. The molecule has 0 unspecified atom stereocenters. The molecule has 1 aliphatic carbocycles. The maximum absolute atomic E-state index is 13.0. The number of amides is 1. The highest BCUT2D eigenvalue weighted by Crippen LogP contribution is 2.30. The Morgan fingerprint density at radius 3 is 2.48 bits per heavy atom. The average molecular weight is 437 g/mol. The van der Waals surface area contributed by atoms with Gasteiger partial charge in [0.05, 0.1) is 10.6 Å². The first kappa shape index (κ1) is 21.1. The van der Waals surface area contributed by atoms with Gasteiger partial charge >= 0.3 is 0 Å². The third-order valence-electron chi connectivity index (χ3n) is 5.02. The number of benzene rings is 3. The van der Waals surface area contributed by atoms with Crippen molar-refractivity contribution in [3.8, 4) is 11.5 Å². The predicted molar refractivity (Wildman–Crippen MR) is 120 cm³/mol. The fraction of sp³-hybridized carbons (Fsp3) is 0.208. The molecule has 31 heavy (non-hydrogen) atoms. The van der Waals surface area contributed by atoms with E-state index in [9.17, 15) is 13.2 Å². The highest BCUT2D eigenvalue weighted by molar-refractivity contribution is 7.89. The Morgan fingerprint density at radius 2 is 1.74 bits per heavy atom. The molecule has 0 radical (unpaired) electrons. The largest absolute Gasteiger partial charge is 0.455 e. The molecule has 0 aromatic heterocycles. The minimum absolute atomic E-state index is 0.00534. The van der Waals surface area contributed by atoms with E-state index in [4.69, 9.17) is 4.74 Å². The molecule has 2 N–H and O–H groups in total. The molecule has 3 aromatic carbocycles. The third-order valence-corrected chi connectivity index (χ3v) is 6.53. The van der Waals surface area contributed by atoms with Crippen molar-refractivity contribution in [3.05, 3.63) is 83.4 Å². The average Bonchev–Trinajstić information content (AvgIpc) is 3.53. The first-order valence-electron chi connectivity index (χ1n) is 10.1. The van der Waals surface area contributed by atoms with Crippen LogP contribution in [0.3, 0.4) is 0 Å². The van der Waals surface area contributed by atoms with Gasteiger partial charge in [0.15, 0.2) is 5.75 Å². The molecule has 1 amide bonds. The Hall–Kier alpha value is -3.16. The van der Waals surface area contributed by atoms with E-state index < -0.39 is 15.9 Å².